The van der Waals surface area contributed by atoms with Crippen LogP contribution in [0.4, 0.5) is 4.32 Å². The molecule has 0 atom stereocenters. The second-order valence-corrected chi connectivity index (χ2v) is 6.62. The maximum atomic E-state index is 9.89. The van der Waals surface area contributed by atoms with Crippen LogP contribution in [0, 0.1) is 0 Å². The van der Waals surface area contributed by atoms with Crippen molar-refractivity contribution in [2.24, 2.45) is 0 Å². The first kappa shape index (κ1) is 26.2. The Kier molecular flexibility index (Phi) is 18.7. The summed E-state index contributed by atoms with van der Waals surface area (Å²) in [4.78, 5) is 0. The zero-order chi connectivity index (χ0) is 20.9. The van der Waals surface area contributed by atoms with Crippen LogP contribution in [0.2, 0.25) is 0 Å². The summed E-state index contributed by atoms with van der Waals surface area (Å²) < 4.78 is 14.4. The molecule has 2 aromatic rings. The molecule has 28 heavy (non-hydrogen) atoms. The van der Waals surface area contributed by atoms with E-state index in [1.807, 2.05) is 0 Å². The third-order valence-corrected chi connectivity index (χ3v) is 4.09. The van der Waals surface area contributed by atoms with Gasteiger partial charge in [-0.05, 0) is 12.8 Å². The molecule has 2 aromatic heterocycles. The summed E-state index contributed by atoms with van der Waals surface area (Å²) in [6, 6.07) is 12.4. The fraction of sp³-hybridized carbons (Fsp3) is 0.545. The van der Waals surface area contributed by atoms with Gasteiger partial charge in [-0.3, -0.25) is 0 Å². The fourth-order valence-electron chi connectivity index (χ4n) is 2.61. The van der Waals surface area contributed by atoms with E-state index in [4.69, 9.17) is 10.0 Å². The molecular formula is C22H36BFN2O2. The van der Waals surface area contributed by atoms with E-state index >= 15 is 0 Å². The molecule has 0 radical (unpaired) electrons. The Balaban J connectivity index is 0.000000439. The number of pyridine rings is 2. The Morgan fingerprint density at radius 2 is 0.929 bits per heavy atom. The van der Waals surface area contributed by atoms with Gasteiger partial charge in [-0.25, -0.2) is 9.13 Å². The third-order valence-electron chi connectivity index (χ3n) is 4.09. The van der Waals surface area contributed by atoms with Crippen LogP contribution in [-0.2, 0) is 13.1 Å². The normalized spacial score (nSPS) is 9.61. The predicted molar refractivity (Wildman–Crippen MR) is 108 cm³/mol. The molecule has 0 spiro atoms. The predicted octanol–water partition coefficient (Wildman–Crippen LogP) is 2.77. The highest BCUT2D eigenvalue weighted by Gasteiger charge is 1.96. The van der Waals surface area contributed by atoms with Crippen LogP contribution in [0.3, 0.4) is 0 Å². The Hall–Kier alpha value is -1.79. The molecule has 0 aliphatic carbocycles. The van der Waals surface area contributed by atoms with Gasteiger partial charge in [0.15, 0.2) is 24.8 Å². The highest BCUT2D eigenvalue weighted by Crippen LogP contribution is 1.98. The topological polar surface area (TPSA) is 53.9 Å². The standard InChI is InChI=1S/2C11H18N.BFO2/c2*1-2-3-4-6-9-12-10-7-5-8-11-12;2-1(3)4/h2*5,7-8,10-11H,2-4,6,9H2,1H3;/q2*+1;-2. The number of unbranched alkanes of at least 4 members (excludes halogenated alkanes) is 6. The molecule has 0 aliphatic heterocycles. The van der Waals surface area contributed by atoms with Gasteiger partial charge in [0, 0.05) is 37.1 Å². The molecule has 156 valence electrons. The Labute approximate surface area is 170 Å². The summed E-state index contributed by atoms with van der Waals surface area (Å²) in [5.74, 6) is 0. The molecule has 0 saturated heterocycles. The van der Waals surface area contributed by atoms with Crippen LogP contribution in [0.15, 0.2) is 61.2 Å². The zero-order valence-corrected chi connectivity index (χ0v) is 17.5. The summed E-state index contributed by atoms with van der Waals surface area (Å²) in [5, 5.41) is 16.6. The first-order valence-corrected chi connectivity index (χ1v) is 10.4. The number of hydrogen-bond acceptors (Lipinski definition) is 2. The molecular weight excluding hydrogens is 354 g/mol. The minimum absolute atomic E-state index is 1.17. The lowest BCUT2D eigenvalue weighted by Crippen LogP contribution is -2.39. The third kappa shape index (κ3) is 19.0. The average Bonchev–Trinajstić information content (AvgIpc) is 2.70. The van der Waals surface area contributed by atoms with Gasteiger partial charge >= 0.3 is 0 Å². The van der Waals surface area contributed by atoms with Crippen molar-refractivity contribution in [3.05, 3.63) is 61.2 Å². The fourth-order valence-corrected chi connectivity index (χ4v) is 2.61. The average molecular weight is 390 g/mol. The van der Waals surface area contributed by atoms with Crippen LogP contribution in [0.25, 0.3) is 0 Å². The van der Waals surface area contributed by atoms with Crippen molar-refractivity contribution < 1.29 is 23.5 Å². The molecule has 2 heterocycles. The Morgan fingerprint density at radius 3 is 1.21 bits per heavy atom. The van der Waals surface area contributed by atoms with E-state index < -0.39 is 7.40 Å². The first-order chi connectivity index (χ1) is 13.6. The molecule has 4 nitrogen and oxygen atoms in total. The van der Waals surface area contributed by atoms with Crippen LogP contribution in [0.1, 0.15) is 65.2 Å². The van der Waals surface area contributed by atoms with E-state index in [1.54, 1.807) is 0 Å². The lowest BCUT2D eigenvalue weighted by Gasteiger charge is -2.09. The lowest BCUT2D eigenvalue weighted by atomic mass is 10.2. The van der Waals surface area contributed by atoms with E-state index in [1.165, 1.54) is 64.5 Å². The smallest absolute Gasteiger partial charge is 0.168 e. The van der Waals surface area contributed by atoms with Gasteiger partial charge in [0.05, 0.1) is 0 Å². The highest BCUT2D eigenvalue weighted by atomic mass is 19.1. The van der Waals surface area contributed by atoms with Crippen molar-refractivity contribution in [3.8, 4) is 0 Å². The molecule has 0 N–H and O–H groups in total. The summed E-state index contributed by atoms with van der Waals surface area (Å²) >= 11 is 0. The maximum absolute atomic E-state index is 9.89. The SMILES string of the molecule is CCCCCC[n+]1ccccc1.CCCCCC[n+]1ccccc1.[O-]B([O-])F. The molecule has 2 rings (SSSR count). The van der Waals surface area contributed by atoms with Crippen LogP contribution in [0.5, 0.6) is 0 Å². The molecule has 0 saturated carbocycles. The maximum Gasteiger partial charge on any atom is 0.168 e. The minimum Gasteiger partial charge on any atom is -0.867 e. The van der Waals surface area contributed by atoms with E-state index in [0.29, 0.717) is 0 Å². The van der Waals surface area contributed by atoms with Crippen molar-refractivity contribution in [1.82, 2.24) is 0 Å². The number of aromatic nitrogens is 2. The van der Waals surface area contributed by atoms with E-state index in [2.05, 4.69) is 84.2 Å². The number of nitrogens with zero attached hydrogens (tertiary/aromatic N) is 2. The van der Waals surface area contributed by atoms with Crippen LogP contribution < -0.4 is 19.2 Å². The Morgan fingerprint density at radius 1 is 0.607 bits per heavy atom. The number of hydrogen-bond donors (Lipinski definition) is 0. The van der Waals surface area contributed by atoms with Crippen molar-refractivity contribution in [1.29, 1.82) is 0 Å². The van der Waals surface area contributed by atoms with Crippen molar-refractivity contribution in [2.75, 3.05) is 0 Å². The van der Waals surface area contributed by atoms with Crippen molar-refractivity contribution in [3.63, 3.8) is 0 Å². The number of aryl methyl sites for hydroxylation is 2. The summed E-state index contributed by atoms with van der Waals surface area (Å²) in [6.07, 6.45) is 19.2. The molecule has 6 heteroatoms. The zero-order valence-electron chi connectivity index (χ0n) is 17.5. The van der Waals surface area contributed by atoms with Gasteiger partial charge in [-0.15, -0.1) is 0 Å². The summed E-state index contributed by atoms with van der Waals surface area (Å²) in [5.41, 5.74) is 0. The molecule has 0 amide bonds. The molecule has 0 aromatic carbocycles. The monoisotopic (exact) mass is 390 g/mol. The second kappa shape index (κ2) is 20.0. The van der Waals surface area contributed by atoms with Crippen LogP contribution in [-0.4, -0.2) is 7.40 Å². The molecule has 0 unspecified atom stereocenters. The molecule has 0 bridgehead atoms. The largest absolute Gasteiger partial charge is 0.867 e. The lowest BCUT2D eigenvalue weighted by molar-refractivity contribution is -0.697. The highest BCUT2D eigenvalue weighted by molar-refractivity contribution is 6.27. The van der Waals surface area contributed by atoms with Gasteiger partial charge in [0.2, 0.25) is 0 Å². The summed E-state index contributed by atoms with van der Waals surface area (Å²) in [6.45, 7) is 6.83. The van der Waals surface area contributed by atoms with Gasteiger partial charge in [0.1, 0.15) is 20.5 Å². The van der Waals surface area contributed by atoms with E-state index in [9.17, 15) is 4.32 Å². The number of rotatable bonds is 10. The van der Waals surface area contributed by atoms with Crippen molar-refractivity contribution in [2.45, 2.75) is 78.3 Å². The van der Waals surface area contributed by atoms with E-state index in [-0.39, 0.29) is 0 Å². The molecule has 0 fully saturated rings. The summed E-state index contributed by atoms with van der Waals surface area (Å²) in [7, 11) is -3.17. The minimum atomic E-state index is -3.17. The van der Waals surface area contributed by atoms with Gasteiger partial charge < -0.3 is 14.4 Å². The second-order valence-electron chi connectivity index (χ2n) is 6.62. The van der Waals surface area contributed by atoms with Crippen molar-refractivity contribution >= 4 is 7.40 Å². The van der Waals surface area contributed by atoms with Gasteiger partial charge in [-0.2, -0.15) is 0 Å². The molecule has 0 aliphatic rings. The van der Waals surface area contributed by atoms with Gasteiger partial charge in [0.25, 0.3) is 0 Å². The number of halogens is 1. The van der Waals surface area contributed by atoms with Gasteiger partial charge in [-0.1, -0.05) is 51.7 Å². The first-order valence-electron chi connectivity index (χ1n) is 10.4. The Bertz CT molecular complexity index is 494. The van der Waals surface area contributed by atoms with Crippen LogP contribution >= 0.6 is 0 Å². The van der Waals surface area contributed by atoms with E-state index in [0.717, 1.165) is 0 Å². The quantitative estimate of drug-likeness (QED) is 0.356.